The van der Waals surface area contributed by atoms with E-state index in [1.165, 1.54) is 6.92 Å². The Morgan fingerprint density at radius 2 is 1.94 bits per heavy atom. The summed E-state index contributed by atoms with van der Waals surface area (Å²) in [6, 6.07) is -1.09. The molecule has 0 bridgehead atoms. The SMILES string of the molecule is CC#CC(=O)NC(CCCC(=O)O)C(=O)O. The average molecular weight is 227 g/mol. The van der Waals surface area contributed by atoms with Gasteiger partial charge in [0.05, 0.1) is 0 Å². The molecule has 1 amide bonds. The third-order valence-corrected chi connectivity index (χ3v) is 1.73. The summed E-state index contributed by atoms with van der Waals surface area (Å²) in [6.45, 7) is 1.46. The van der Waals surface area contributed by atoms with Crippen LogP contribution in [0.25, 0.3) is 0 Å². The predicted octanol–water partition coefficient (Wildman–Crippen LogP) is -0.166. The third kappa shape index (κ3) is 6.43. The van der Waals surface area contributed by atoms with E-state index in [-0.39, 0.29) is 19.3 Å². The van der Waals surface area contributed by atoms with Gasteiger partial charge in [0, 0.05) is 6.42 Å². The smallest absolute Gasteiger partial charge is 0.326 e. The molecule has 0 aliphatic heterocycles. The number of nitrogens with one attached hydrogen (secondary N) is 1. The van der Waals surface area contributed by atoms with Crippen LogP contribution in [-0.4, -0.2) is 34.1 Å². The Labute approximate surface area is 92.6 Å². The second kappa shape index (κ2) is 7.29. The van der Waals surface area contributed by atoms with Crippen LogP contribution < -0.4 is 5.32 Å². The average Bonchev–Trinajstić information content (AvgIpc) is 2.15. The molecule has 0 aliphatic rings. The number of carbonyl (C=O) groups is 3. The first-order valence-corrected chi connectivity index (χ1v) is 4.65. The van der Waals surface area contributed by atoms with Gasteiger partial charge in [-0.05, 0) is 25.7 Å². The minimum Gasteiger partial charge on any atom is -0.481 e. The quantitative estimate of drug-likeness (QED) is 0.547. The summed E-state index contributed by atoms with van der Waals surface area (Å²) in [7, 11) is 0. The van der Waals surface area contributed by atoms with Crippen LogP contribution in [0.1, 0.15) is 26.2 Å². The van der Waals surface area contributed by atoms with Gasteiger partial charge in [0.2, 0.25) is 0 Å². The minimum atomic E-state index is -1.20. The van der Waals surface area contributed by atoms with Crippen molar-refractivity contribution in [2.75, 3.05) is 0 Å². The minimum absolute atomic E-state index is 0.0682. The van der Waals surface area contributed by atoms with Gasteiger partial charge in [0.15, 0.2) is 0 Å². The maximum atomic E-state index is 11.0. The maximum Gasteiger partial charge on any atom is 0.326 e. The largest absolute Gasteiger partial charge is 0.481 e. The lowest BCUT2D eigenvalue weighted by Gasteiger charge is -2.11. The Morgan fingerprint density at radius 3 is 2.38 bits per heavy atom. The normalized spacial score (nSPS) is 10.8. The molecule has 0 aromatic carbocycles. The first-order valence-electron chi connectivity index (χ1n) is 4.65. The summed E-state index contributed by atoms with van der Waals surface area (Å²) in [4.78, 5) is 31.9. The number of hydrogen-bond acceptors (Lipinski definition) is 3. The molecule has 3 N–H and O–H groups in total. The number of amides is 1. The van der Waals surface area contributed by atoms with Crippen LogP contribution in [0.5, 0.6) is 0 Å². The zero-order valence-electron chi connectivity index (χ0n) is 8.82. The van der Waals surface area contributed by atoms with Crippen molar-refractivity contribution in [1.82, 2.24) is 5.32 Å². The lowest BCUT2D eigenvalue weighted by Crippen LogP contribution is -2.40. The Bertz CT molecular complexity index is 339. The van der Waals surface area contributed by atoms with Gasteiger partial charge in [-0.2, -0.15) is 0 Å². The molecular weight excluding hydrogens is 214 g/mol. The van der Waals surface area contributed by atoms with Gasteiger partial charge >= 0.3 is 11.9 Å². The highest BCUT2D eigenvalue weighted by Gasteiger charge is 2.18. The van der Waals surface area contributed by atoms with Crippen molar-refractivity contribution >= 4 is 17.8 Å². The molecular formula is C10H13NO5. The highest BCUT2D eigenvalue weighted by Crippen LogP contribution is 2.01. The van der Waals surface area contributed by atoms with Crippen molar-refractivity contribution < 1.29 is 24.6 Å². The number of hydrogen-bond donors (Lipinski definition) is 3. The number of aliphatic carboxylic acids is 2. The summed E-state index contributed by atoms with van der Waals surface area (Å²) in [5.41, 5.74) is 0. The van der Waals surface area contributed by atoms with E-state index in [1.807, 2.05) is 0 Å². The Hall–Kier alpha value is -2.03. The Kier molecular flexibility index (Phi) is 6.36. The van der Waals surface area contributed by atoms with Crippen LogP contribution in [0.2, 0.25) is 0 Å². The molecule has 0 aromatic rings. The molecule has 16 heavy (non-hydrogen) atoms. The molecule has 0 fully saturated rings. The van der Waals surface area contributed by atoms with Gasteiger partial charge in [-0.15, -0.1) is 0 Å². The summed E-state index contributed by atoms with van der Waals surface area (Å²) < 4.78 is 0. The molecule has 0 aromatic heterocycles. The topological polar surface area (TPSA) is 104 Å². The third-order valence-electron chi connectivity index (χ3n) is 1.73. The molecule has 1 atom stereocenters. The molecule has 6 nitrogen and oxygen atoms in total. The van der Waals surface area contributed by atoms with E-state index in [1.54, 1.807) is 0 Å². The van der Waals surface area contributed by atoms with Crippen LogP contribution in [-0.2, 0) is 14.4 Å². The number of carboxylic acid groups (broad SMARTS) is 2. The molecule has 0 saturated heterocycles. The van der Waals surface area contributed by atoms with E-state index in [9.17, 15) is 14.4 Å². The fourth-order valence-corrected chi connectivity index (χ4v) is 1.02. The van der Waals surface area contributed by atoms with Crippen LogP contribution >= 0.6 is 0 Å². The van der Waals surface area contributed by atoms with Crippen LogP contribution in [0.3, 0.4) is 0 Å². The summed E-state index contributed by atoms with van der Waals surface area (Å²) in [5.74, 6) is 1.62. The molecule has 6 heteroatoms. The molecule has 0 radical (unpaired) electrons. The van der Waals surface area contributed by atoms with E-state index in [0.29, 0.717) is 0 Å². The molecule has 0 rings (SSSR count). The van der Waals surface area contributed by atoms with E-state index in [2.05, 4.69) is 17.2 Å². The first-order chi connectivity index (χ1) is 7.47. The first kappa shape index (κ1) is 14.0. The lowest BCUT2D eigenvalue weighted by molar-refractivity contribution is -0.142. The maximum absolute atomic E-state index is 11.0. The van der Waals surface area contributed by atoms with Crippen molar-refractivity contribution in [3.05, 3.63) is 0 Å². The monoisotopic (exact) mass is 227 g/mol. The standard InChI is InChI=1S/C10H13NO5/c1-2-4-8(12)11-7(10(15)16)5-3-6-9(13)14/h7H,3,5-6H2,1H3,(H,11,12)(H,13,14)(H,15,16). The van der Waals surface area contributed by atoms with Crippen LogP contribution in [0.15, 0.2) is 0 Å². The van der Waals surface area contributed by atoms with Crippen molar-refractivity contribution in [1.29, 1.82) is 0 Å². The predicted molar refractivity (Wildman–Crippen MR) is 54.5 cm³/mol. The second-order valence-corrected chi connectivity index (χ2v) is 3.03. The molecule has 0 spiro atoms. The van der Waals surface area contributed by atoms with Gasteiger partial charge < -0.3 is 15.5 Å². The van der Waals surface area contributed by atoms with Gasteiger partial charge in [-0.1, -0.05) is 5.92 Å². The highest BCUT2D eigenvalue weighted by molar-refractivity contribution is 5.95. The number of carbonyl (C=O) groups excluding carboxylic acids is 1. The van der Waals surface area contributed by atoms with Crippen molar-refractivity contribution in [3.63, 3.8) is 0 Å². The number of rotatable bonds is 6. The van der Waals surface area contributed by atoms with E-state index < -0.39 is 23.9 Å². The van der Waals surface area contributed by atoms with Crippen molar-refractivity contribution in [2.45, 2.75) is 32.2 Å². The second-order valence-electron chi connectivity index (χ2n) is 3.03. The molecule has 0 aliphatic carbocycles. The van der Waals surface area contributed by atoms with E-state index >= 15 is 0 Å². The zero-order chi connectivity index (χ0) is 12.6. The van der Waals surface area contributed by atoms with E-state index in [0.717, 1.165) is 0 Å². The Balaban J connectivity index is 4.16. The molecule has 88 valence electrons. The summed E-state index contributed by atoms with van der Waals surface area (Å²) >= 11 is 0. The lowest BCUT2D eigenvalue weighted by atomic mass is 10.1. The van der Waals surface area contributed by atoms with Gasteiger partial charge in [0.1, 0.15) is 6.04 Å². The Morgan fingerprint density at radius 1 is 1.31 bits per heavy atom. The van der Waals surface area contributed by atoms with Crippen LogP contribution in [0, 0.1) is 11.8 Å². The van der Waals surface area contributed by atoms with Crippen LogP contribution in [0.4, 0.5) is 0 Å². The molecule has 1 unspecified atom stereocenters. The van der Waals surface area contributed by atoms with Crippen molar-refractivity contribution in [3.8, 4) is 11.8 Å². The zero-order valence-corrected chi connectivity index (χ0v) is 8.82. The summed E-state index contributed by atoms with van der Waals surface area (Å²) in [6.07, 6.45) is 0.129. The fourth-order valence-electron chi connectivity index (χ4n) is 1.02. The molecule has 0 saturated carbocycles. The fraction of sp³-hybridized carbons (Fsp3) is 0.500. The van der Waals surface area contributed by atoms with Gasteiger partial charge in [-0.25, -0.2) is 4.79 Å². The van der Waals surface area contributed by atoms with Crippen molar-refractivity contribution in [2.24, 2.45) is 0 Å². The number of carboxylic acids is 2. The molecule has 0 heterocycles. The van der Waals surface area contributed by atoms with Gasteiger partial charge in [-0.3, -0.25) is 9.59 Å². The summed E-state index contributed by atoms with van der Waals surface area (Å²) in [5, 5.41) is 19.3. The van der Waals surface area contributed by atoms with Gasteiger partial charge in [0.25, 0.3) is 5.91 Å². The highest BCUT2D eigenvalue weighted by atomic mass is 16.4. The van der Waals surface area contributed by atoms with E-state index in [4.69, 9.17) is 10.2 Å².